The molecule has 2 aromatic heterocycles. The molecule has 2 aliphatic rings. The molecule has 1 saturated heterocycles. The summed E-state index contributed by atoms with van der Waals surface area (Å²) in [5.41, 5.74) is 3.32. The molecule has 9 heteroatoms. The van der Waals surface area contributed by atoms with Crippen molar-refractivity contribution in [1.29, 1.82) is 0 Å². The largest absolute Gasteiger partial charge is 1.00 e. The van der Waals surface area contributed by atoms with Gasteiger partial charge in [0, 0.05) is 11.6 Å². The summed E-state index contributed by atoms with van der Waals surface area (Å²) in [6.07, 6.45) is 3.78. The Kier molecular flexibility index (Phi) is 4.04. The number of hydrogen-bond donors (Lipinski definition) is 0. The van der Waals surface area contributed by atoms with Gasteiger partial charge in [0.25, 0.3) is 5.91 Å². The molecule has 3 aromatic rings. The van der Waals surface area contributed by atoms with Gasteiger partial charge in [-0.1, -0.05) is 6.07 Å². The first-order valence-corrected chi connectivity index (χ1v) is 8.93. The maximum Gasteiger partial charge on any atom is 1.00 e. The molecule has 2 aliphatic heterocycles. The second-order valence-electron chi connectivity index (χ2n) is 5.47. The molecule has 1 amide bonds. The number of carboxylic acid groups (broad SMARTS) is 1. The van der Waals surface area contributed by atoms with Crippen molar-refractivity contribution >= 4 is 57.0 Å². The number of carbonyl (C=O) groups excluding carboxylic acids is 2. The van der Waals surface area contributed by atoms with E-state index in [0.717, 1.165) is 21.6 Å². The Morgan fingerprint density at radius 2 is 2.20 bits per heavy atom. The average molecular weight is 377 g/mol. The number of benzene rings is 1. The van der Waals surface area contributed by atoms with Crippen LogP contribution >= 0.6 is 23.1 Å². The number of aromatic nitrogens is 2. The van der Waals surface area contributed by atoms with E-state index in [1.165, 1.54) is 22.1 Å². The second-order valence-corrected chi connectivity index (χ2v) is 7.30. The van der Waals surface area contributed by atoms with Crippen LogP contribution in [0.3, 0.4) is 0 Å². The molecule has 1 atom stereocenters. The van der Waals surface area contributed by atoms with Crippen LogP contribution in [0.1, 0.15) is 5.56 Å². The van der Waals surface area contributed by atoms with E-state index in [1.54, 1.807) is 11.3 Å². The number of aliphatic carboxylic acids is 1. The first kappa shape index (κ1) is 16.9. The Morgan fingerprint density at radius 3 is 3.00 bits per heavy atom. The van der Waals surface area contributed by atoms with Gasteiger partial charge < -0.3 is 9.90 Å². The molecule has 0 aliphatic carbocycles. The minimum Gasteiger partial charge on any atom is -0.543 e. The molecule has 0 spiro atoms. The monoisotopic (exact) mass is 377 g/mol. The summed E-state index contributed by atoms with van der Waals surface area (Å²) < 4.78 is 2.01. The molecule has 5 rings (SSSR count). The van der Waals surface area contributed by atoms with Crippen LogP contribution < -0.4 is 34.7 Å². The molecular weight excluding hydrogens is 369 g/mol. The van der Waals surface area contributed by atoms with Crippen molar-refractivity contribution in [2.45, 2.75) is 5.37 Å². The van der Waals surface area contributed by atoms with Gasteiger partial charge in [-0.15, -0.1) is 23.1 Å². The molecule has 6 nitrogen and oxygen atoms in total. The van der Waals surface area contributed by atoms with E-state index in [1.807, 2.05) is 40.3 Å². The number of thioether (sulfide) groups is 1. The zero-order valence-corrected chi connectivity index (χ0v) is 16.6. The van der Waals surface area contributed by atoms with Crippen molar-refractivity contribution in [3.8, 4) is 0 Å². The predicted octanol–water partition coefficient (Wildman–Crippen LogP) is -1.56. The second kappa shape index (κ2) is 6.00. The number of rotatable bonds is 2. The van der Waals surface area contributed by atoms with E-state index in [9.17, 15) is 14.7 Å². The van der Waals surface area contributed by atoms with Crippen LogP contribution in [0.2, 0.25) is 0 Å². The third-order valence-corrected chi connectivity index (χ3v) is 5.97. The minimum atomic E-state index is -1.32. The SMILES string of the molecule is O=C([O-])C1=CS[C@@H]2/C(=C\c3ccc4nc5sccn5c4c3)C(=O)N12.[Na+]. The maximum atomic E-state index is 12.2. The fraction of sp³-hybridized carbons (Fsp3) is 0.0625. The van der Waals surface area contributed by atoms with Crippen LogP contribution in [-0.4, -0.2) is 31.5 Å². The molecule has 0 saturated carbocycles. The fourth-order valence-electron chi connectivity index (χ4n) is 3.00. The topological polar surface area (TPSA) is 77.7 Å². The van der Waals surface area contributed by atoms with Crippen molar-refractivity contribution < 1.29 is 44.3 Å². The molecule has 0 radical (unpaired) electrons. The van der Waals surface area contributed by atoms with Crippen LogP contribution in [0.15, 0.2) is 46.5 Å². The molecule has 0 unspecified atom stereocenters. The van der Waals surface area contributed by atoms with Crippen LogP contribution in [0, 0.1) is 0 Å². The smallest absolute Gasteiger partial charge is 0.543 e. The molecule has 25 heavy (non-hydrogen) atoms. The van der Waals surface area contributed by atoms with E-state index in [4.69, 9.17) is 0 Å². The van der Waals surface area contributed by atoms with Crippen LogP contribution in [0.25, 0.3) is 22.1 Å². The van der Waals surface area contributed by atoms with E-state index in [0.29, 0.717) is 5.57 Å². The van der Waals surface area contributed by atoms with Gasteiger partial charge in [-0.25, -0.2) is 4.98 Å². The summed E-state index contributed by atoms with van der Waals surface area (Å²) in [5, 5.41) is 14.2. The molecule has 0 bridgehead atoms. The van der Waals surface area contributed by atoms with Crippen molar-refractivity contribution in [2.75, 3.05) is 0 Å². The Labute approximate surface area is 172 Å². The predicted molar refractivity (Wildman–Crippen MR) is 89.9 cm³/mol. The van der Waals surface area contributed by atoms with Gasteiger partial charge in [0.2, 0.25) is 0 Å². The van der Waals surface area contributed by atoms with Crippen molar-refractivity contribution in [3.63, 3.8) is 0 Å². The molecule has 1 fully saturated rings. The van der Waals surface area contributed by atoms with Gasteiger partial charge in [0.05, 0.1) is 28.3 Å². The maximum absolute atomic E-state index is 12.2. The summed E-state index contributed by atoms with van der Waals surface area (Å²) in [4.78, 5) is 30.0. The van der Waals surface area contributed by atoms with Crippen LogP contribution in [0.4, 0.5) is 0 Å². The van der Waals surface area contributed by atoms with Crippen LogP contribution in [-0.2, 0) is 9.59 Å². The van der Waals surface area contributed by atoms with Crippen molar-refractivity contribution in [1.82, 2.24) is 14.3 Å². The number of thiazole rings is 1. The summed E-state index contributed by atoms with van der Waals surface area (Å²) in [6.45, 7) is 0. The first-order chi connectivity index (χ1) is 11.6. The fourth-order valence-corrected chi connectivity index (χ4v) is 4.84. The van der Waals surface area contributed by atoms with E-state index >= 15 is 0 Å². The summed E-state index contributed by atoms with van der Waals surface area (Å²) >= 11 is 2.88. The van der Waals surface area contributed by atoms with Gasteiger partial charge >= 0.3 is 29.6 Å². The molecule has 4 heterocycles. The first-order valence-electron chi connectivity index (χ1n) is 7.11. The zero-order chi connectivity index (χ0) is 16.4. The Hall–Kier alpha value is -1.58. The number of hydrogen-bond acceptors (Lipinski definition) is 6. The third kappa shape index (κ3) is 2.40. The standard InChI is InChI=1S/C16H9N3O3S2.Na/c20-13-9(14-19(13)12(7-24-14)15(21)22)5-8-1-2-10-11(6-8)18-3-4-23-16(18)17-10;/h1-7,14H,(H,21,22);/q;+1/p-1/b9-5-;/t14-;/m1./s1. The Balaban J connectivity index is 0.00000157. The van der Waals surface area contributed by atoms with E-state index in [2.05, 4.69) is 4.98 Å². The normalized spacial score (nSPS) is 20.6. The van der Waals surface area contributed by atoms with E-state index in [-0.39, 0.29) is 46.5 Å². The number of imidazole rings is 1. The van der Waals surface area contributed by atoms with Gasteiger partial charge in [-0.05, 0) is 29.2 Å². The number of carbonyl (C=O) groups is 2. The van der Waals surface area contributed by atoms with Crippen molar-refractivity contribution in [2.24, 2.45) is 0 Å². The summed E-state index contributed by atoms with van der Waals surface area (Å²) in [7, 11) is 0. The number of β-lactam (4-membered cyclic amide) rings is 1. The summed E-state index contributed by atoms with van der Waals surface area (Å²) in [5.74, 6) is -1.60. The minimum absolute atomic E-state index is 0. The Bertz CT molecular complexity index is 1110. The van der Waals surface area contributed by atoms with Gasteiger partial charge in [-0.3, -0.25) is 14.1 Å². The quantitative estimate of drug-likeness (QED) is 0.307. The van der Waals surface area contributed by atoms with Gasteiger partial charge in [0.15, 0.2) is 4.96 Å². The molecule has 1 aromatic carbocycles. The number of fused-ring (bicyclic) bond motifs is 4. The van der Waals surface area contributed by atoms with Gasteiger partial charge in [-0.2, -0.15) is 0 Å². The number of carboxylic acids is 1. The third-order valence-electron chi connectivity index (χ3n) is 4.13. The molecule has 0 N–H and O–H groups in total. The molecule has 118 valence electrons. The van der Waals surface area contributed by atoms with E-state index < -0.39 is 5.97 Å². The number of nitrogens with zero attached hydrogens (tertiary/aromatic N) is 3. The summed E-state index contributed by atoms with van der Waals surface area (Å²) in [6, 6.07) is 5.82. The van der Waals surface area contributed by atoms with Crippen molar-refractivity contribution in [3.05, 3.63) is 52.0 Å². The molecular formula is C16H8N3NaO3S2. The Morgan fingerprint density at radius 1 is 1.36 bits per heavy atom. The van der Waals surface area contributed by atoms with Gasteiger partial charge in [0.1, 0.15) is 5.37 Å². The average Bonchev–Trinajstić information content (AvgIpc) is 3.24. The number of amides is 1. The zero-order valence-electron chi connectivity index (χ0n) is 13.0. The van der Waals surface area contributed by atoms with Crippen LogP contribution in [0.5, 0.6) is 0 Å².